The fourth-order valence-electron chi connectivity index (χ4n) is 1.70. The molecule has 2 unspecified atom stereocenters. The summed E-state index contributed by atoms with van der Waals surface area (Å²) in [5.41, 5.74) is 0.515. The van der Waals surface area contributed by atoms with Crippen molar-refractivity contribution in [3.63, 3.8) is 0 Å². The van der Waals surface area contributed by atoms with Crippen LogP contribution < -0.4 is 5.32 Å². The maximum atomic E-state index is 13.1. The number of hydrogen-bond donors (Lipinski definition) is 2. The molecule has 0 aliphatic carbocycles. The summed E-state index contributed by atoms with van der Waals surface area (Å²) in [6, 6.07) is 2.45. The van der Waals surface area contributed by atoms with Crippen molar-refractivity contribution in [2.75, 3.05) is 0 Å². The summed E-state index contributed by atoms with van der Waals surface area (Å²) >= 11 is 0. The highest BCUT2D eigenvalue weighted by molar-refractivity contribution is 5.73. The van der Waals surface area contributed by atoms with Crippen LogP contribution in [0.25, 0.3) is 0 Å². The lowest BCUT2D eigenvalue weighted by atomic mass is 10.0. The average Bonchev–Trinajstić information content (AvgIpc) is 2.28. The Kier molecular flexibility index (Phi) is 4.78. The normalized spacial score (nSPS) is 14.6. The largest absolute Gasteiger partial charge is 0.480 e. The summed E-state index contributed by atoms with van der Waals surface area (Å²) in [5.74, 6) is -2.91. The molecular formula is C13H17F2NO2. The van der Waals surface area contributed by atoms with Crippen molar-refractivity contribution in [3.8, 4) is 0 Å². The number of hydrogen-bond acceptors (Lipinski definition) is 2. The highest BCUT2D eigenvalue weighted by Crippen LogP contribution is 2.18. The molecule has 0 saturated carbocycles. The summed E-state index contributed by atoms with van der Waals surface area (Å²) in [6.45, 7) is 5.28. The zero-order valence-corrected chi connectivity index (χ0v) is 10.6. The molecule has 1 aromatic carbocycles. The number of carbonyl (C=O) groups is 1. The lowest BCUT2D eigenvalue weighted by molar-refractivity contribution is -0.140. The highest BCUT2D eigenvalue weighted by Gasteiger charge is 2.23. The summed E-state index contributed by atoms with van der Waals surface area (Å²) in [7, 11) is 0. The predicted molar refractivity (Wildman–Crippen MR) is 64.2 cm³/mol. The number of carboxylic acid groups (broad SMARTS) is 1. The van der Waals surface area contributed by atoms with Crippen molar-refractivity contribution in [2.24, 2.45) is 5.92 Å². The lowest BCUT2D eigenvalue weighted by Crippen LogP contribution is -2.42. The third-order valence-electron chi connectivity index (χ3n) is 2.81. The van der Waals surface area contributed by atoms with Crippen molar-refractivity contribution in [1.82, 2.24) is 5.32 Å². The van der Waals surface area contributed by atoms with Gasteiger partial charge in [-0.25, -0.2) is 8.78 Å². The minimum Gasteiger partial charge on any atom is -0.480 e. The number of rotatable bonds is 5. The molecular weight excluding hydrogens is 240 g/mol. The van der Waals surface area contributed by atoms with E-state index in [1.165, 1.54) is 6.07 Å². The molecule has 0 spiro atoms. The van der Waals surface area contributed by atoms with E-state index >= 15 is 0 Å². The second-order valence-electron chi connectivity index (χ2n) is 4.62. The van der Waals surface area contributed by atoms with Crippen LogP contribution in [0.5, 0.6) is 0 Å². The number of carboxylic acids is 1. The molecule has 1 rings (SSSR count). The summed E-state index contributed by atoms with van der Waals surface area (Å²) < 4.78 is 25.9. The van der Waals surface area contributed by atoms with Gasteiger partial charge >= 0.3 is 5.97 Å². The number of aliphatic carboxylic acids is 1. The third kappa shape index (κ3) is 3.50. The summed E-state index contributed by atoms with van der Waals surface area (Å²) in [6.07, 6.45) is 0. The number of halogens is 2. The van der Waals surface area contributed by atoms with E-state index < -0.39 is 23.6 Å². The highest BCUT2D eigenvalue weighted by atomic mass is 19.2. The first kappa shape index (κ1) is 14.6. The smallest absolute Gasteiger partial charge is 0.320 e. The number of nitrogens with one attached hydrogen (secondary N) is 1. The SMILES string of the molecule is CC(NC(C(=O)O)C(C)C)c1ccc(F)c(F)c1. The third-order valence-corrected chi connectivity index (χ3v) is 2.81. The van der Waals surface area contributed by atoms with Crippen molar-refractivity contribution < 1.29 is 18.7 Å². The quantitative estimate of drug-likeness (QED) is 0.852. The maximum absolute atomic E-state index is 13.1. The van der Waals surface area contributed by atoms with Crippen LogP contribution in [0, 0.1) is 17.6 Å². The van der Waals surface area contributed by atoms with E-state index in [2.05, 4.69) is 5.32 Å². The van der Waals surface area contributed by atoms with Crippen LogP contribution in [0.1, 0.15) is 32.4 Å². The van der Waals surface area contributed by atoms with Crippen LogP contribution in [0.3, 0.4) is 0 Å². The molecule has 18 heavy (non-hydrogen) atoms. The standard InChI is InChI=1S/C13H17F2NO2/c1-7(2)12(13(17)18)16-8(3)9-4-5-10(14)11(15)6-9/h4-8,12,16H,1-3H3,(H,17,18). The Morgan fingerprint density at radius 1 is 1.22 bits per heavy atom. The summed E-state index contributed by atoms with van der Waals surface area (Å²) in [4.78, 5) is 11.0. The maximum Gasteiger partial charge on any atom is 0.320 e. The van der Waals surface area contributed by atoms with Gasteiger partial charge in [-0.1, -0.05) is 19.9 Å². The van der Waals surface area contributed by atoms with E-state index in [0.717, 1.165) is 12.1 Å². The van der Waals surface area contributed by atoms with Gasteiger partial charge in [0.05, 0.1) is 0 Å². The van der Waals surface area contributed by atoms with Crippen molar-refractivity contribution in [1.29, 1.82) is 0 Å². The van der Waals surface area contributed by atoms with E-state index in [-0.39, 0.29) is 12.0 Å². The van der Waals surface area contributed by atoms with E-state index in [4.69, 9.17) is 5.11 Å². The topological polar surface area (TPSA) is 49.3 Å². The van der Waals surface area contributed by atoms with Crippen molar-refractivity contribution in [2.45, 2.75) is 32.9 Å². The zero-order valence-electron chi connectivity index (χ0n) is 10.6. The Morgan fingerprint density at radius 3 is 2.28 bits per heavy atom. The molecule has 0 radical (unpaired) electrons. The Hall–Kier alpha value is -1.49. The van der Waals surface area contributed by atoms with Gasteiger partial charge in [0, 0.05) is 6.04 Å². The zero-order chi connectivity index (χ0) is 13.9. The minimum absolute atomic E-state index is 0.102. The second kappa shape index (κ2) is 5.91. The molecule has 0 fully saturated rings. The van der Waals surface area contributed by atoms with Gasteiger partial charge in [0.15, 0.2) is 11.6 Å². The Balaban J connectivity index is 2.83. The molecule has 0 heterocycles. The van der Waals surface area contributed by atoms with Gasteiger partial charge in [0.25, 0.3) is 0 Å². The first-order valence-corrected chi connectivity index (χ1v) is 5.76. The van der Waals surface area contributed by atoms with Gasteiger partial charge in [-0.05, 0) is 30.5 Å². The predicted octanol–water partition coefficient (Wildman–Crippen LogP) is 2.72. The molecule has 0 aliphatic rings. The molecule has 0 amide bonds. The van der Waals surface area contributed by atoms with Gasteiger partial charge < -0.3 is 5.11 Å². The summed E-state index contributed by atoms with van der Waals surface area (Å²) in [5, 5.41) is 11.9. The molecule has 100 valence electrons. The van der Waals surface area contributed by atoms with Gasteiger partial charge in [0.2, 0.25) is 0 Å². The Morgan fingerprint density at radius 2 is 1.83 bits per heavy atom. The van der Waals surface area contributed by atoms with Gasteiger partial charge in [0.1, 0.15) is 6.04 Å². The van der Waals surface area contributed by atoms with E-state index in [9.17, 15) is 13.6 Å². The van der Waals surface area contributed by atoms with E-state index in [1.54, 1.807) is 20.8 Å². The van der Waals surface area contributed by atoms with Crippen LogP contribution in [0.15, 0.2) is 18.2 Å². The molecule has 0 aromatic heterocycles. The first-order chi connectivity index (χ1) is 8.32. The van der Waals surface area contributed by atoms with Crippen LogP contribution in [0.4, 0.5) is 8.78 Å². The van der Waals surface area contributed by atoms with Crippen molar-refractivity contribution in [3.05, 3.63) is 35.4 Å². The number of benzene rings is 1. The van der Waals surface area contributed by atoms with Crippen LogP contribution in [-0.2, 0) is 4.79 Å². The lowest BCUT2D eigenvalue weighted by Gasteiger charge is -2.23. The van der Waals surface area contributed by atoms with Crippen molar-refractivity contribution >= 4 is 5.97 Å². The van der Waals surface area contributed by atoms with Gasteiger partial charge in [-0.3, -0.25) is 10.1 Å². The first-order valence-electron chi connectivity index (χ1n) is 5.76. The van der Waals surface area contributed by atoms with Gasteiger partial charge in [-0.2, -0.15) is 0 Å². The van der Waals surface area contributed by atoms with Crippen LogP contribution in [0.2, 0.25) is 0 Å². The molecule has 0 aliphatic heterocycles. The molecule has 3 nitrogen and oxygen atoms in total. The fraction of sp³-hybridized carbons (Fsp3) is 0.462. The molecule has 0 bridgehead atoms. The monoisotopic (exact) mass is 257 g/mol. The molecule has 1 aromatic rings. The van der Waals surface area contributed by atoms with Gasteiger partial charge in [-0.15, -0.1) is 0 Å². The minimum atomic E-state index is -0.959. The Labute approximate surface area is 105 Å². The molecule has 2 atom stereocenters. The molecule has 2 N–H and O–H groups in total. The fourth-order valence-corrected chi connectivity index (χ4v) is 1.70. The molecule has 5 heteroatoms. The molecule has 0 saturated heterocycles. The van der Waals surface area contributed by atoms with E-state index in [0.29, 0.717) is 5.56 Å². The Bertz CT molecular complexity index is 435. The van der Waals surface area contributed by atoms with Crippen LogP contribution >= 0.6 is 0 Å². The van der Waals surface area contributed by atoms with Crippen LogP contribution in [-0.4, -0.2) is 17.1 Å². The average molecular weight is 257 g/mol. The van der Waals surface area contributed by atoms with E-state index in [1.807, 2.05) is 0 Å². The second-order valence-corrected chi connectivity index (χ2v) is 4.62.